The molecule has 0 spiro atoms. The van der Waals surface area contributed by atoms with Crippen LogP contribution in [0.15, 0.2) is 47.4 Å². The summed E-state index contributed by atoms with van der Waals surface area (Å²) in [4.78, 5) is 24.3. The SMILES string of the molecule is O=C1/C(=C/c2c(F)cccc2Cl)SC(=S)N1c1ccc([N+](=O)[O-])cc1. The highest BCUT2D eigenvalue weighted by atomic mass is 35.5. The molecule has 2 aromatic carbocycles. The summed E-state index contributed by atoms with van der Waals surface area (Å²) < 4.78 is 14.2. The van der Waals surface area contributed by atoms with Crippen LogP contribution >= 0.6 is 35.6 Å². The average molecular weight is 395 g/mol. The third-order valence-electron chi connectivity index (χ3n) is 3.39. The Hall–Kier alpha value is -2.29. The fourth-order valence-electron chi connectivity index (χ4n) is 2.19. The first kappa shape index (κ1) is 17.5. The lowest BCUT2D eigenvalue weighted by molar-refractivity contribution is -0.384. The third-order valence-corrected chi connectivity index (χ3v) is 5.02. The first-order valence-electron chi connectivity index (χ1n) is 6.85. The first-order chi connectivity index (χ1) is 11.9. The molecular formula is C16H8ClFN2O3S2. The van der Waals surface area contributed by atoms with Gasteiger partial charge in [0, 0.05) is 17.7 Å². The van der Waals surface area contributed by atoms with Crippen LogP contribution in [0.4, 0.5) is 15.8 Å². The van der Waals surface area contributed by atoms with Crippen molar-refractivity contribution in [3.63, 3.8) is 0 Å². The quantitative estimate of drug-likeness (QED) is 0.324. The molecule has 9 heteroatoms. The Kier molecular flexibility index (Phi) is 4.85. The van der Waals surface area contributed by atoms with Gasteiger partial charge in [0.05, 0.1) is 20.5 Å². The number of carbonyl (C=O) groups is 1. The molecule has 5 nitrogen and oxygen atoms in total. The average Bonchev–Trinajstić information content (AvgIpc) is 2.85. The highest BCUT2D eigenvalue weighted by Crippen LogP contribution is 2.37. The Morgan fingerprint density at radius 3 is 2.52 bits per heavy atom. The number of nitro groups is 1. The van der Waals surface area contributed by atoms with E-state index in [-0.39, 0.29) is 25.5 Å². The van der Waals surface area contributed by atoms with Crippen LogP contribution in [0, 0.1) is 15.9 Å². The van der Waals surface area contributed by atoms with Crippen molar-refractivity contribution in [3.8, 4) is 0 Å². The number of carbonyl (C=O) groups excluding carboxylic acids is 1. The van der Waals surface area contributed by atoms with Gasteiger partial charge in [-0.25, -0.2) is 4.39 Å². The molecular weight excluding hydrogens is 387 g/mol. The summed E-state index contributed by atoms with van der Waals surface area (Å²) in [6.45, 7) is 0. The third kappa shape index (κ3) is 3.41. The number of benzene rings is 2. The molecule has 1 fully saturated rings. The summed E-state index contributed by atoms with van der Waals surface area (Å²) in [6.07, 6.45) is 1.35. The van der Waals surface area contributed by atoms with Crippen molar-refractivity contribution in [2.75, 3.05) is 4.90 Å². The number of hydrogen-bond acceptors (Lipinski definition) is 5. The van der Waals surface area contributed by atoms with E-state index < -0.39 is 16.6 Å². The number of nitrogens with zero attached hydrogens (tertiary/aromatic N) is 2. The van der Waals surface area contributed by atoms with E-state index in [0.717, 1.165) is 11.8 Å². The number of amides is 1. The summed E-state index contributed by atoms with van der Waals surface area (Å²) in [7, 11) is 0. The molecule has 0 bridgehead atoms. The van der Waals surface area contributed by atoms with Crippen molar-refractivity contribution in [2.24, 2.45) is 0 Å². The predicted octanol–water partition coefficient (Wildman–Crippen LogP) is 4.79. The maximum atomic E-state index is 13.9. The lowest BCUT2D eigenvalue weighted by Gasteiger charge is -2.13. The standard InChI is InChI=1S/C16H8ClFN2O3S2/c17-12-2-1-3-13(18)11(12)8-14-15(21)19(16(24)25-14)9-4-6-10(7-5-9)20(22)23/h1-8H/b14-8-. The largest absolute Gasteiger partial charge is 0.270 e. The Bertz CT molecular complexity index is 911. The molecule has 126 valence electrons. The molecule has 1 amide bonds. The van der Waals surface area contributed by atoms with Crippen LogP contribution in [0.1, 0.15) is 5.56 Å². The topological polar surface area (TPSA) is 63.5 Å². The molecule has 0 unspecified atom stereocenters. The zero-order valence-corrected chi connectivity index (χ0v) is 14.7. The predicted molar refractivity (Wildman–Crippen MR) is 100 cm³/mol. The minimum absolute atomic E-state index is 0.0946. The van der Waals surface area contributed by atoms with Crippen LogP contribution in [-0.4, -0.2) is 15.2 Å². The van der Waals surface area contributed by atoms with Crippen LogP contribution in [0.3, 0.4) is 0 Å². The normalized spacial score (nSPS) is 15.9. The van der Waals surface area contributed by atoms with Gasteiger partial charge < -0.3 is 0 Å². The molecule has 0 atom stereocenters. The summed E-state index contributed by atoms with van der Waals surface area (Å²) in [5.41, 5.74) is 0.410. The second-order valence-corrected chi connectivity index (χ2v) is 7.01. The van der Waals surface area contributed by atoms with Gasteiger partial charge in [0.2, 0.25) is 0 Å². The van der Waals surface area contributed by atoms with Crippen molar-refractivity contribution < 1.29 is 14.1 Å². The van der Waals surface area contributed by atoms with Gasteiger partial charge in [-0.15, -0.1) is 0 Å². The van der Waals surface area contributed by atoms with E-state index in [1.807, 2.05) is 0 Å². The monoisotopic (exact) mass is 394 g/mol. The minimum atomic E-state index is -0.548. The number of rotatable bonds is 3. The number of thioether (sulfide) groups is 1. The minimum Gasteiger partial charge on any atom is -0.268 e. The molecule has 1 heterocycles. The Morgan fingerprint density at radius 1 is 1.24 bits per heavy atom. The van der Waals surface area contributed by atoms with Gasteiger partial charge in [-0.1, -0.05) is 41.6 Å². The summed E-state index contributed by atoms with van der Waals surface area (Å²) >= 11 is 12.2. The van der Waals surface area contributed by atoms with E-state index >= 15 is 0 Å². The van der Waals surface area contributed by atoms with Gasteiger partial charge in [-0.2, -0.15) is 0 Å². The van der Waals surface area contributed by atoms with Crippen LogP contribution in [0.5, 0.6) is 0 Å². The summed E-state index contributed by atoms with van der Waals surface area (Å²) in [5, 5.41) is 10.9. The Morgan fingerprint density at radius 2 is 1.92 bits per heavy atom. The van der Waals surface area contributed by atoms with Gasteiger partial charge >= 0.3 is 0 Å². The van der Waals surface area contributed by atoms with E-state index in [9.17, 15) is 19.3 Å². The van der Waals surface area contributed by atoms with Crippen LogP contribution in [-0.2, 0) is 4.79 Å². The van der Waals surface area contributed by atoms with Gasteiger partial charge in [-0.05, 0) is 30.3 Å². The Balaban J connectivity index is 1.95. The number of thiocarbonyl (C=S) groups is 1. The molecule has 1 saturated heterocycles. The van der Waals surface area contributed by atoms with Crippen molar-refractivity contribution in [2.45, 2.75) is 0 Å². The van der Waals surface area contributed by atoms with Gasteiger partial charge in [-0.3, -0.25) is 19.8 Å². The molecule has 3 rings (SSSR count). The molecule has 2 aromatic rings. The van der Waals surface area contributed by atoms with Crippen molar-refractivity contribution >= 4 is 63.3 Å². The van der Waals surface area contributed by atoms with Crippen molar-refractivity contribution in [1.29, 1.82) is 0 Å². The smallest absolute Gasteiger partial charge is 0.268 e. The highest BCUT2D eigenvalue weighted by Gasteiger charge is 2.33. The molecule has 25 heavy (non-hydrogen) atoms. The second kappa shape index (κ2) is 6.91. The van der Waals surface area contributed by atoms with E-state index in [2.05, 4.69) is 0 Å². The van der Waals surface area contributed by atoms with E-state index in [0.29, 0.717) is 5.69 Å². The molecule has 0 aliphatic carbocycles. The highest BCUT2D eigenvalue weighted by molar-refractivity contribution is 8.27. The number of anilines is 1. The molecule has 0 radical (unpaired) electrons. The van der Waals surface area contributed by atoms with Crippen molar-refractivity contribution in [3.05, 3.63) is 73.9 Å². The van der Waals surface area contributed by atoms with Crippen LogP contribution in [0.25, 0.3) is 6.08 Å². The van der Waals surface area contributed by atoms with Crippen LogP contribution < -0.4 is 4.90 Å². The molecule has 0 N–H and O–H groups in total. The lowest BCUT2D eigenvalue weighted by Crippen LogP contribution is -2.27. The zero-order valence-electron chi connectivity index (χ0n) is 12.3. The number of nitro benzene ring substituents is 1. The maximum absolute atomic E-state index is 13.9. The van der Waals surface area contributed by atoms with Gasteiger partial charge in [0.1, 0.15) is 5.82 Å². The number of non-ortho nitro benzene ring substituents is 1. The van der Waals surface area contributed by atoms with E-state index in [4.69, 9.17) is 23.8 Å². The Labute approximate surface area is 156 Å². The number of halogens is 2. The number of hydrogen-bond donors (Lipinski definition) is 0. The fourth-order valence-corrected chi connectivity index (χ4v) is 3.69. The zero-order chi connectivity index (χ0) is 18.1. The molecule has 0 aromatic heterocycles. The maximum Gasteiger partial charge on any atom is 0.270 e. The molecule has 0 saturated carbocycles. The van der Waals surface area contributed by atoms with E-state index in [1.165, 1.54) is 53.4 Å². The van der Waals surface area contributed by atoms with Gasteiger partial charge in [0.15, 0.2) is 4.32 Å². The first-order valence-corrected chi connectivity index (χ1v) is 8.45. The fraction of sp³-hybridized carbons (Fsp3) is 0. The second-order valence-electron chi connectivity index (χ2n) is 4.93. The van der Waals surface area contributed by atoms with Crippen molar-refractivity contribution in [1.82, 2.24) is 0 Å². The lowest BCUT2D eigenvalue weighted by atomic mass is 10.2. The molecule has 1 aliphatic rings. The van der Waals surface area contributed by atoms with Gasteiger partial charge in [0.25, 0.3) is 11.6 Å². The summed E-state index contributed by atoms with van der Waals surface area (Å²) in [5.74, 6) is -0.990. The molecule has 1 aliphatic heterocycles. The van der Waals surface area contributed by atoms with Crippen LogP contribution in [0.2, 0.25) is 5.02 Å². The van der Waals surface area contributed by atoms with E-state index in [1.54, 1.807) is 0 Å². The summed E-state index contributed by atoms with van der Waals surface area (Å²) in [6, 6.07) is 9.67.